The van der Waals surface area contributed by atoms with Crippen LogP contribution < -0.4 is 11.1 Å². The van der Waals surface area contributed by atoms with Crippen LogP contribution in [0.15, 0.2) is 24.3 Å². The summed E-state index contributed by atoms with van der Waals surface area (Å²) in [5.41, 5.74) is 5.47. The van der Waals surface area contributed by atoms with Gasteiger partial charge in [-0.05, 0) is 70.8 Å². The third-order valence-electron chi connectivity index (χ3n) is 8.33. The smallest absolute Gasteiger partial charge is 0.317 e. The van der Waals surface area contributed by atoms with Crippen LogP contribution in [0.5, 0.6) is 0 Å². The molecule has 0 fully saturated rings. The number of allylic oxidation sites excluding steroid dienone is 4. The lowest BCUT2D eigenvalue weighted by molar-refractivity contribution is -0.134. The SMILES string of the molecule is CCCCCCCC/C=C\CCCCCCCCN.CCCCCCCC/C=C\CCCCCCCCNC(=O)CS(=O)(=O)[O-].O=C(O)CS(=O)(=O)[O-]. The second-order valence-electron chi connectivity index (χ2n) is 13.8. The van der Waals surface area contributed by atoms with Gasteiger partial charge in [0.15, 0.2) is 0 Å². The highest BCUT2D eigenvalue weighted by Gasteiger charge is 2.05. The van der Waals surface area contributed by atoms with Crippen LogP contribution in [0.2, 0.25) is 0 Å². The van der Waals surface area contributed by atoms with Crippen molar-refractivity contribution in [1.82, 2.24) is 5.32 Å². The highest BCUT2D eigenvalue weighted by Crippen LogP contribution is 2.11. The lowest BCUT2D eigenvalue weighted by atomic mass is 10.1. The summed E-state index contributed by atoms with van der Waals surface area (Å²) >= 11 is 0. The molecule has 0 aliphatic rings. The maximum Gasteiger partial charge on any atom is 0.317 e. The molecule has 0 aliphatic heterocycles. The van der Waals surface area contributed by atoms with E-state index in [0.29, 0.717) is 6.54 Å². The molecule has 0 heterocycles. The summed E-state index contributed by atoms with van der Waals surface area (Å²) in [4.78, 5) is 20.6. The minimum absolute atomic E-state index is 0.440. The molecule has 11 nitrogen and oxygen atoms in total. The molecule has 4 N–H and O–H groups in total. The molecule has 0 saturated heterocycles. The Kier molecular flexibility index (Phi) is 45.0. The van der Waals surface area contributed by atoms with Gasteiger partial charge >= 0.3 is 5.97 Å². The molecule has 53 heavy (non-hydrogen) atoms. The predicted molar refractivity (Wildman–Crippen MR) is 218 cm³/mol. The van der Waals surface area contributed by atoms with E-state index in [-0.39, 0.29) is 0 Å². The van der Waals surface area contributed by atoms with Gasteiger partial charge in [0.2, 0.25) is 5.91 Å². The van der Waals surface area contributed by atoms with E-state index in [4.69, 9.17) is 10.8 Å². The summed E-state index contributed by atoms with van der Waals surface area (Å²) in [7, 11) is -9.04. The second kappa shape index (κ2) is 42.9. The average molecular weight is 795 g/mol. The first-order valence-corrected chi connectivity index (χ1v) is 23.8. The van der Waals surface area contributed by atoms with Gasteiger partial charge in [0.1, 0.15) is 31.7 Å². The minimum atomic E-state index is -4.57. The Morgan fingerprint density at radius 3 is 1.09 bits per heavy atom. The first-order chi connectivity index (χ1) is 25.3. The number of carbonyl (C=O) groups is 2. The maximum atomic E-state index is 11.1. The van der Waals surface area contributed by atoms with Crippen LogP contribution in [-0.4, -0.2) is 67.5 Å². The van der Waals surface area contributed by atoms with Gasteiger partial charge in [0.05, 0.1) is 0 Å². The van der Waals surface area contributed by atoms with Crippen LogP contribution >= 0.6 is 0 Å². The zero-order valence-corrected chi connectivity index (χ0v) is 35.2. The first kappa shape index (κ1) is 55.5. The molecule has 0 rings (SSSR count). The largest absolute Gasteiger partial charge is 0.748 e. The number of hydrogen-bond acceptors (Lipinski definition) is 9. The normalized spacial score (nSPS) is 11.6. The van der Waals surface area contributed by atoms with E-state index in [1.807, 2.05) is 0 Å². The van der Waals surface area contributed by atoms with Crippen molar-refractivity contribution >= 4 is 32.1 Å². The average Bonchev–Trinajstić information content (AvgIpc) is 3.06. The summed E-state index contributed by atoms with van der Waals surface area (Å²) in [5.74, 6) is -4.63. The maximum absolute atomic E-state index is 11.1. The van der Waals surface area contributed by atoms with E-state index in [1.54, 1.807) is 0 Å². The van der Waals surface area contributed by atoms with Crippen molar-refractivity contribution in [2.24, 2.45) is 5.73 Å². The lowest BCUT2D eigenvalue weighted by Crippen LogP contribution is -2.30. The lowest BCUT2D eigenvalue weighted by Gasteiger charge is -2.07. The Bertz CT molecular complexity index is 1080. The van der Waals surface area contributed by atoms with Crippen molar-refractivity contribution in [2.45, 2.75) is 194 Å². The van der Waals surface area contributed by atoms with Gasteiger partial charge < -0.3 is 25.3 Å². The van der Waals surface area contributed by atoms with E-state index in [2.05, 4.69) is 43.5 Å². The molecule has 0 radical (unpaired) electrons. The van der Waals surface area contributed by atoms with Gasteiger partial charge in [0, 0.05) is 6.54 Å². The number of unbranched alkanes of at least 4 members (excludes halogenated alkanes) is 24. The summed E-state index contributed by atoms with van der Waals surface area (Å²) in [6.07, 6.45) is 45.6. The van der Waals surface area contributed by atoms with Gasteiger partial charge in [-0.2, -0.15) is 0 Å². The van der Waals surface area contributed by atoms with Crippen LogP contribution in [0, 0.1) is 0 Å². The van der Waals surface area contributed by atoms with Crippen molar-refractivity contribution in [3.63, 3.8) is 0 Å². The Labute approximate surface area is 325 Å². The summed E-state index contributed by atoms with van der Waals surface area (Å²) in [6, 6.07) is 0. The van der Waals surface area contributed by atoms with Gasteiger partial charge in [-0.25, -0.2) is 16.8 Å². The zero-order valence-electron chi connectivity index (χ0n) is 33.5. The van der Waals surface area contributed by atoms with E-state index < -0.39 is 43.6 Å². The summed E-state index contributed by atoms with van der Waals surface area (Å²) in [6.45, 7) is 5.83. The molecule has 0 aromatic heterocycles. The van der Waals surface area contributed by atoms with Gasteiger partial charge in [-0.1, -0.05) is 154 Å². The van der Waals surface area contributed by atoms with E-state index in [0.717, 1.165) is 32.2 Å². The number of hydrogen-bond donors (Lipinski definition) is 3. The number of carboxylic acids is 1. The van der Waals surface area contributed by atoms with Crippen LogP contribution in [-0.2, 0) is 29.8 Å². The fraction of sp³-hybridized carbons (Fsp3) is 0.850. The Balaban J connectivity index is -0.000000805. The van der Waals surface area contributed by atoms with Gasteiger partial charge in [0.25, 0.3) is 0 Å². The van der Waals surface area contributed by atoms with Crippen molar-refractivity contribution in [3.8, 4) is 0 Å². The fourth-order valence-corrected chi connectivity index (χ4v) is 6.08. The van der Waals surface area contributed by atoms with E-state index >= 15 is 0 Å². The minimum Gasteiger partial charge on any atom is -0.748 e. The summed E-state index contributed by atoms with van der Waals surface area (Å²) < 4.78 is 59.7. The number of carbonyl (C=O) groups excluding carboxylic acids is 1. The van der Waals surface area contributed by atoms with Crippen LogP contribution in [0.25, 0.3) is 0 Å². The topological polar surface area (TPSA) is 207 Å². The summed E-state index contributed by atoms with van der Waals surface area (Å²) in [5, 5.41) is 10.1. The molecule has 0 spiro atoms. The molecule has 0 unspecified atom stereocenters. The molecule has 316 valence electrons. The van der Waals surface area contributed by atoms with Crippen LogP contribution in [0.3, 0.4) is 0 Å². The number of aliphatic carboxylic acids is 1. The number of amides is 1. The van der Waals surface area contributed by atoms with E-state index in [1.165, 1.54) is 154 Å². The molecule has 0 saturated carbocycles. The predicted octanol–water partition coefficient (Wildman–Crippen LogP) is 9.28. The molecule has 0 aliphatic carbocycles. The molecule has 13 heteroatoms. The third kappa shape index (κ3) is 62.5. The molecule has 0 aromatic carbocycles. The van der Waals surface area contributed by atoms with Gasteiger partial charge in [-0.15, -0.1) is 0 Å². The van der Waals surface area contributed by atoms with Crippen LogP contribution in [0.4, 0.5) is 0 Å². The third-order valence-corrected chi connectivity index (χ3v) is 9.55. The highest BCUT2D eigenvalue weighted by molar-refractivity contribution is 7.86. The Hall–Kier alpha value is -1.80. The van der Waals surface area contributed by atoms with Crippen molar-refractivity contribution in [3.05, 3.63) is 24.3 Å². The standard InChI is InChI=1S/C20H39NO4S.C18H37N.C2H4O5S/c1-2-3-4-5-6-7-8-9-10-11-12-13-14-15-16-17-18-21-20(22)19-26(23,24)25;1-2-3-4-5-6-7-8-9-10-11-12-13-14-15-16-17-18-19;3-2(4)1-8(5,6)7/h9-10H,2-8,11-19H2,1H3,(H,21,22)(H,23,24,25);9-10H,2-8,11-19H2,1H3;1H2,(H,3,4)(H,5,6,7)/p-2/b2*10-9-;. The number of rotatable bonds is 35. The molecular weight excluding hydrogens is 717 g/mol. The Morgan fingerprint density at radius 1 is 0.509 bits per heavy atom. The molecule has 0 aromatic rings. The number of nitrogens with two attached hydrogens (primary N) is 1. The molecule has 0 bridgehead atoms. The zero-order chi connectivity index (χ0) is 40.3. The highest BCUT2D eigenvalue weighted by atomic mass is 32.2. The van der Waals surface area contributed by atoms with Gasteiger partial charge in [-0.3, -0.25) is 9.59 Å². The molecule has 0 atom stereocenters. The van der Waals surface area contributed by atoms with Crippen molar-refractivity contribution in [1.29, 1.82) is 0 Å². The Morgan fingerprint density at radius 2 is 0.811 bits per heavy atom. The molecule has 1 amide bonds. The second-order valence-corrected chi connectivity index (χ2v) is 16.6. The monoisotopic (exact) mass is 795 g/mol. The number of nitrogens with one attached hydrogen (secondary N) is 1. The van der Waals surface area contributed by atoms with Crippen molar-refractivity contribution < 1.29 is 40.6 Å². The van der Waals surface area contributed by atoms with Crippen LogP contribution in [0.1, 0.15) is 194 Å². The first-order valence-electron chi connectivity index (χ1n) is 20.6. The van der Waals surface area contributed by atoms with E-state index in [9.17, 15) is 35.5 Å². The fourth-order valence-electron chi connectivity index (χ4n) is 5.35. The molecular formula is C40H78N2O9S2-2. The quantitative estimate of drug-likeness (QED) is 0.0315. The van der Waals surface area contributed by atoms with Crippen molar-refractivity contribution in [2.75, 3.05) is 24.6 Å². The number of carboxylic acid groups (broad SMARTS) is 1.